The summed E-state index contributed by atoms with van der Waals surface area (Å²) in [5.74, 6) is 1.33. The number of halogens is 1. The van der Waals surface area contributed by atoms with Gasteiger partial charge in [-0.1, -0.05) is 13.8 Å². The molecule has 25 heavy (non-hydrogen) atoms. The predicted molar refractivity (Wildman–Crippen MR) is 116 cm³/mol. The average molecular weight is 481 g/mol. The number of nitrogens with one attached hydrogen (secondary N) is 2. The Morgan fingerprint density at radius 3 is 2.72 bits per heavy atom. The van der Waals surface area contributed by atoms with Crippen molar-refractivity contribution in [2.45, 2.75) is 39.2 Å². The summed E-state index contributed by atoms with van der Waals surface area (Å²) >= 11 is 1.71. The third-order valence-electron chi connectivity index (χ3n) is 4.09. The highest BCUT2D eigenvalue weighted by atomic mass is 127. The second kappa shape index (κ2) is 12.8. The van der Waals surface area contributed by atoms with Crippen molar-refractivity contribution in [1.29, 1.82) is 0 Å². The fraction of sp³-hybridized carbons (Fsp3) is 0.765. The highest BCUT2D eigenvalue weighted by Crippen LogP contribution is 2.17. The van der Waals surface area contributed by atoms with Crippen molar-refractivity contribution in [3.63, 3.8) is 0 Å². The van der Waals surface area contributed by atoms with Crippen molar-refractivity contribution < 1.29 is 4.74 Å². The third kappa shape index (κ3) is 8.65. The highest BCUT2D eigenvalue weighted by Gasteiger charge is 2.09. The van der Waals surface area contributed by atoms with Crippen molar-refractivity contribution in [2.75, 3.05) is 46.4 Å². The molecule has 1 aromatic rings. The first-order valence-electron chi connectivity index (χ1n) is 8.88. The van der Waals surface area contributed by atoms with Crippen LogP contribution >= 0.6 is 35.3 Å². The van der Waals surface area contributed by atoms with Gasteiger partial charge in [0.1, 0.15) is 5.01 Å². The van der Waals surface area contributed by atoms with Gasteiger partial charge in [0.25, 0.3) is 0 Å². The van der Waals surface area contributed by atoms with E-state index in [0.29, 0.717) is 5.92 Å². The van der Waals surface area contributed by atoms with Crippen molar-refractivity contribution in [2.24, 2.45) is 4.99 Å². The molecular weight excluding hydrogens is 449 g/mol. The topological polar surface area (TPSA) is 61.8 Å². The lowest BCUT2D eigenvalue weighted by atomic mass is 10.2. The third-order valence-corrected chi connectivity index (χ3v) is 4.96. The van der Waals surface area contributed by atoms with Crippen molar-refractivity contribution in [3.8, 4) is 0 Å². The molecule has 1 aliphatic heterocycles. The minimum Gasteiger partial charge on any atom is -0.379 e. The van der Waals surface area contributed by atoms with E-state index in [1.54, 1.807) is 11.3 Å². The van der Waals surface area contributed by atoms with Gasteiger partial charge in [-0.25, -0.2) is 4.98 Å². The molecule has 0 aromatic carbocycles. The zero-order chi connectivity index (χ0) is 17.2. The molecule has 6 nitrogen and oxygen atoms in total. The van der Waals surface area contributed by atoms with Gasteiger partial charge in [-0.05, 0) is 25.3 Å². The average Bonchev–Trinajstić information content (AvgIpc) is 3.07. The summed E-state index contributed by atoms with van der Waals surface area (Å²) < 4.78 is 5.37. The first kappa shape index (κ1) is 22.6. The summed E-state index contributed by atoms with van der Waals surface area (Å²) in [6, 6.07) is 0. The first-order chi connectivity index (χ1) is 11.7. The van der Waals surface area contributed by atoms with E-state index in [9.17, 15) is 0 Å². The van der Waals surface area contributed by atoms with Crippen molar-refractivity contribution in [3.05, 3.63) is 16.1 Å². The molecular formula is C17H32IN5OS. The molecule has 0 amide bonds. The van der Waals surface area contributed by atoms with Gasteiger partial charge in [0, 0.05) is 32.1 Å². The quantitative estimate of drug-likeness (QED) is 0.259. The van der Waals surface area contributed by atoms with Gasteiger partial charge < -0.3 is 15.4 Å². The molecule has 2 heterocycles. The molecule has 2 rings (SSSR count). The van der Waals surface area contributed by atoms with Gasteiger partial charge in [0.2, 0.25) is 0 Å². The normalized spacial score (nSPS) is 15.9. The Balaban J connectivity index is 0.00000312. The number of hydrogen-bond acceptors (Lipinski definition) is 5. The number of unbranched alkanes of at least 4 members (excludes halogenated alkanes) is 1. The van der Waals surface area contributed by atoms with Crippen LogP contribution in [0.25, 0.3) is 0 Å². The number of aliphatic imine (C=N–C) groups is 1. The Hall–Kier alpha value is -0.450. The maximum atomic E-state index is 5.37. The number of rotatable bonds is 8. The molecule has 0 spiro atoms. The number of nitrogens with zero attached hydrogens (tertiary/aromatic N) is 3. The minimum absolute atomic E-state index is 0. The number of guanidine groups is 1. The predicted octanol–water partition coefficient (Wildman–Crippen LogP) is 2.66. The molecule has 1 aliphatic rings. The zero-order valence-electron chi connectivity index (χ0n) is 15.6. The molecule has 1 fully saturated rings. The number of hydrogen-bond donors (Lipinski definition) is 2. The summed E-state index contributed by atoms with van der Waals surface area (Å²) in [5.41, 5.74) is 1.17. The lowest BCUT2D eigenvalue weighted by Gasteiger charge is -2.26. The Morgan fingerprint density at radius 1 is 1.32 bits per heavy atom. The van der Waals surface area contributed by atoms with Crippen LogP contribution in [0.15, 0.2) is 10.4 Å². The molecule has 8 heteroatoms. The molecule has 0 saturated carbocycles. The lowest BCUT2D eigenvalue weighted by molar-refractivity contribution is 0.0372. The van der Waals surface area contributed by atoms with Crippen LogP contribution in [0.2, 0.25) is 0 Å². The largest absolute Gasteiger partial charge is 0.379 e. The Bertz CT molecular complexity index is 503. The van der Waals surface area contributed by atoms with Gasteiger partial charge in [-0.3, -0.25) is 9.89 Å². The SMILES string of the molecule is CN=C(NCCCCN1CCOCC1)NCc1nc(C(C)C)cs1.I. The van der Waals surface area contributed by atoms with Crippen LogP contribution in [0.3, 0.4) is 0 Å². The molecule has 2 N–H and O–H groups in total. The number of ether oxygens (including phenoxy) is 1. The zero-order valence-corrected chi connectivity index (χ0v) is 18.7. The molecule has 1 saturated heterocycles. The van der Waals surface area contributed by atoms with E-state index >= 15 is 0 Å². The van der Waals surface area contributed by atoms with Crippen LogP contribution in [0.5, 0.6) is 0 Å². The van der Waals surface area contributed by atoms with Gasteiger partial charge in [-0.15, -0.1) is 35.3 Å². The van der Waals surface area contributed by atoms with Crippen LogP contribution in [0.1, 0.15) is 43.3 Å². The molecule has 0 radical (unpaired) electrons. The fourth-order valence-corrected chi connectivity index (χ4v) is 3.44. The van der Waals surface area contributed by atoms with Crippen molar-refractivity contribution >= 4 is 41.3 Å². The summed E-state index contributed by atoms with van der Waals surface area (Å²) in [6.07, 6.45) is 2.35. The summed E-state index contributed by atoms with van der Waals surface area (Å²) in [4.78, 5) is 11.4. The standard InChI is InChI=1S/C17H31N5OS.HI/c1-14(2)15-13-24-16(21-15)12-20-17(18-3)19-6-4-5-7-22-8-10-23-11-9-22;/h13-14H,4-12H2,1-3H3,(H2,18,19,20);1H. The van der Waals surface area contributed by atoms with E-state index in [4.69, 9.17) is 4.74 Å². The van der Waals surface area contributed by atoms with Gasteiger partial charge in [0.05, 0.1) is 25.5 Å². The van der Waals surface area contributed by atoms with E-state index in [-0.39, 0.29) is 24.0 Å². The Kier molecular flexibility index (Phi) is 11.6. The molecule has 0 atom stereocenters. The Morgan fingerprint density at radius 2 is 2.08 bits per heavy atom. The second-order valence-electron chi connectivity index (χ2n) is 6.33. The maximum Gasteiger partial charge on any atom is 0.191 e. The van der Waals surface area contributed by atoms with Gasteiger partial charge >= 0.3 is 0 Å². The van der Waals surface area contributed by atoms with Gasteiger partial charge in [0.15, 0.2) is 5.96 Å². The Labute approximate surface area is 172 Å². The van der Waals surface area contributed by atoms with Crippen LogP contribution < -0.4 is 10.6 Å². The number of thiazole rings is 1. The summed E-state index contributed by atoms with van der Waals surface area (Å²) in [7, 11) is 1.81. The first-order valence-corrected chi connectivity index (χ1v) is 9.76. The fourth-order valence-electron chi connectivity index (χ4n) is 2.54. The molecule has 144 valence electrons. The monoisotopic (exact) mass is 481 g/mol. The highest BCUT2D eigenvalue weighted by molar-refractivity contribution is 14.0. The van der Waals surface area contributed by atoms with Crippen LogP contribution in [0, 0.1) is 0 Å². The van der Waals surface area contributed by atoms with Crippen LogP contribution in [-0.4, -0.2) is 62.3 Å². The van der Waals surface area contributed by atoms with E-state index in [1.165, 1.54) is 12.1 Å². The number of aromatic nitrogens is 1. The summed E-state index contributed by atoms with van der Waals surface area (Å²) in [6.45, 7) is 11.1. The van der Waals surface area contributed by atoms with Crippen molar-refractivity contribution in [1.82, 2.24) is 20.5 Å². The molecule has 1 aromatic heterocycles. The number of morpholine rings is 1. The van der Waals surface area contributed by atoms with E-state index in [1.807, 2.05) is 7.05 Å². The minimum atomic E-state index is 0. The molecule has 0 bridgehead atoms. The van der Waals surface area contributed by atoms with E-state index in [2.05, 4.69) is 44.7 Å². The second-order valence-corrected chi connectivity index (χ2v) is 7.28. The van der Waals surface area contributed by atoms with Crippen LogP contribution in [-0.2, 0) is 11.3 Å². The van der Waals surface area contributed by atoms with E-state index < -0.39 is 0 Å². The lowest BCUT2D eigenvalue weighted by Crippen LogP contribution is -2.38. The maximum absolute atomic E-state index is 5.37. The van der Waals surface area contributed by atoms with E-state index in [0.717, 1.165) is 63.3 Å². The molecule has 0 aliphatic carbocycles. The smallest absolute Gasteiger partial charge is 0.191 e. The molecule has 0 unspecified atom stereocenters. The van der Waals surface area contributed by atoms with Crippen LogP contribution in [0.4, 0.5) is 0 Å². The van der Waals surface area contributed by atoms with Gasteiger partial charge in [-0.2, -0.15) is 0 Å². The summed E-state index contributed by atoms with van der Waals surface area (Å²) in [5, 5.41) is 9.97.